The van der Waals surface area contributed by atoms with E-state index >= 15 is 0 Å². The molecule has 0 atom stereocenters. The van der Waals surface area contributed by atoms with E-state index in [1.54, 1.807) is 13.2 Å². The molecule has 0 bridgehead atoms. The number of hydrogen-bond acceptors (Lipinski definition) is 4. The number of fused-ring (bicyclic) bond motifs is 1. The summed E-state index contributed by atoms with van der Waals surface area (Å²) in [4.78, 5) is 4.16. The Morgan fingerprint density at radius 3 is 3.00 bits per heavy atom. The van der Waals surface area contributed by atoms with Crippen LogP contribution >= 0.6 is 0 Å². The highest BCUT2D eigenvalue weighted by Gasteiger charge is 2.30. The number of nitrogens with two attached hydrogens (primary N) is 1. The Morgan fingerprint density at radius 1 is 1.50 bits per heavy atom. The minimum atomic E-state index is -3.40. The molecule has 1 aromatic rings. The molecule has 0 amide bonds. The van der Waals surface area contributed by atoms with E-state index in [1.807, 2.05) is 10.8 Å². The summed E-state index contributed by atoms with van der Waals surface area (Å²) in [5.41, 5.74) is 5.40. The number of aromatic nitrogens is 2. The van der Waals surface area contributed by atoms with Crippen molar-refractivity contribution in [1.82, 2.24) is 18.2 Å². The lowest BCUT2D eigenvalue weighted by Crippen LogP contribution is -2.45. The second-order valence-corrected chi connectivity index (χ2v) is 6.38. The Bertz CT molecular complexity index is 498. The first kappa shape index (κ1) is 13.5. The summed E-state index contributed by atoms with van der Waals surface area (Å²) in [7, 11) is -1.81. The molecule has 0 aliphatic carbocycles. The van der Waals surface area contributed by atoms with Gasteiger partial charge in [-0.2, -0.15) is 17.0 Å². The monoisotopic (exact) mass is 273 g/mol. The highest BCUT2D eigenvalue weighted by atomic mass is 32.2. The molecule has 8 heteroatoms. The van der Waals surface area contributed by atoms with Crippen molar-refractivity contribution < 1.29 is 8.42 Å². The van der Waals surface area contributed by atoms with Gasteiger partial charge in [0.05, 0.1) is 6.54 Å². The standard InChI is InChI=1S/C10H19N5O2S/c1-13(5-2-3-11)18(16,17)15-8-7-14-6-4-12-10(14)9-15/h4,6H,2-3,5,7-9,11H2,1H3. The van der Waals surface area contributed by atoms with Crippen LogP contribution in [0.4, 0.5) is 0 Å². The van der Waals surface area contributed by atoms with Gasteiger partial charge >= 0.3 is 0 Å². The van der Waals surface area contributed by atoms with Crippen molar-refractivity contribution in [3.8, 4) is 0 Å². The van der Waals surface area contributed by atoms with Gasteiger partial charge in [-0.1, -0.05) is 0 Å². The lowest BCUT2D eigenvalue weighted by atomic mass is 10.4. The highest BCUT2D eigenvalue weighted by molar-refractivity contribution is 7.86. The first-order chi connectivity index (χ1) is 8.55. The van der Waals surface area contributed by atoms with E-state index in [0.29, 0.717) is 39.1 Å². The highest BCUT2D eigenvalue weighted by Crippen LogP contribution is 2.16. The molecule has 1 aliphatic heterocycles. The Balaban J connectivity index is 2.08. The number of hydrogen-bond donors (Lipinski definition) is 1. The molecule has 1 aromatic heterocycles. The van der Waals surface area contributed by atoms with E-state index in [0.717, 1.165) is 5.82 Å². The molecule has 0 unspecified atom stereocenters. The van der Waals surface area contributed by atoms with Gasteiger partial charge in [-0.3, -0.25) is 0 Å². The van der Waals surface area contributed by atoms with Crippen molar-refractivity contribution in [3.05, 3.63) is 18.2 Å². The van der Waals surface area contributed by atoms with Crippen molar-refractivity contribution in [3.63, 3.8) is 0 Å². The topological polar surface area (TPSA) is 84.5 Å². The van der Waals surface area contributed by atoms with Crippen molar-refractivity contribution >= 4 is 10.2 Å². The number of imidazole rings is 1. The van der Waals surface area contributed by atoms with Crippen LogP contribution in [0, 0.1) is 0 Å². The molecule has 0 fully saturated rings. The Hall–Kier alpha value is -0.960. The van der Waals surface area contributed by atoms with Gasteiger partial charge < -0.3 is 10.3 Å². The second kappa shape index (κ2) is 5.35. The van der Waals surface area contributed by atoms with E-state index in [2.05, 4.69) is 4.98 Å². The maximum atomic E-state index is 12.3. The van der Waals surface area contributed by atoms with Gasteiger partial charge in [0, 0.05) is 39.1 Å². The summed E-state index contributed by atoms with van der Waals surface area (Å²) in [5.74, 6) is 0.789. The molecule has 1 aliphatic rings. The van der Waals surface area contributed by atoms with Crippen LogP contribution in [0.3, 0.4) is 0 Å². The van der Waals surface area contributed by atoms with Crippen LogP contribution in [0.5, 0.6) is 0 Å². The maximum absolute atomic E-state index is 12.3. The fourth-order valence-electron chi connectivity index (χ4n) is 1.97. The summed E-state index contributed by atoms with van der Waals surface area (Å²) >= 11 is 0. The molecule has 2 rings (SSSR count). The average molecular weight is 273 g/mol. The first-order valence-corrected chi connectivity index (χ1v) is 7.37. The van der Waals surface area contributed by atoms with Crippen LogP contribution in [0.25, 0.3) is 0 Å². The zero-order valence-electron chi connectivity index (χ0n) is 10.5. The van der Waals surface area contributed by atoms with Gasteiger partial charge in [0.1, 0.15) is 5.82 Å². The molecule has 2 heterocycles. The third kappa shape index (κ3) is 2.56. The molecule has 2 N–H and O–H groups in total. The third-order valence-corrected chi connectivity index (χ3v) is 5.04. The van der Waals surface area contributed by atoms with Crippen LogP contribution in [0.2, 0.25) is 0 Å². The van der Waals surface area contributed by atoms with Crippen molar-refractivity contribution in [2.45, 2.75) is 19.5 Å². The molecule has 0 aromatic carbocycles. The second-order valence-electron chi connectivity index (χ2n) is 4.34. The lowest BCUT2D eigenvalue weighted by Gasteiger charge is -2.30. The van der Waals surface area contributed by atoms with Gasteiger partial charge in [0.25, 0.3) is 10.2 Å². The fourth-order valence-corrected chi connectivity index (χ4v) is 3.32. The zero-order valence-corrected chi connectivity index (χ0v) is 11.3. The normalized spacial score (nSPS) is 17.1. The van der Waals surface area contributed by atoms with E-state index in [4.69, 9.17) is 5.73 Å². The van der Waals surface area contributed by atoms with Crippen LogP contribution in [-0.2, 0) is 23.3 Å². The molecule has 102 valence electrons. The number of nitrogens with zero attached hydrogens (tertiary/aromatic N) is 4. The molecule has 0 saturated heterocycles. The lowest BCUT2D eigenvalue weighted by molar-refractivity contribution is 0.306. The van der Waals surface area contributed by atoms with Gasteiger partial charge in [-0.05, 0) is 13.0 Å². The first-order valence-electron chi connectivity index (χ1n) is 5.97. The predicted octanol–water partition coefficient (Wildman–Crippen LogP) is -0.776. The third-order valence-electron chi connectivity index (χ3n) is 3.11. The molecular formula is C10H19N5O2S. The minimum absolute atomic E-state index is 0.336. The maximum Gasteiger partial charge on any atom is 0.282 e. The Morgan fingerprint density at radius 2 is 2.28 bits per heavy atom. The van der Waals surface area contributed by atoms with E-state index in [1.165, 1.54) is 8.61 Å². The summed E-state index contributed by atoms with van der Waals surface area (Å²) in [6.45, 7) is 2.41. The van der Waals surface area contributed by atoms with E-state index < -0.39 is 10.2 Å². The molecule has 7 nitrogen and oxygen atoms in total. The smallest absolute Gasteiger partial charge is 0.282 e. The Labute approximate surface area is 107 Å². The fraction of sp³-hybridized carbons (Fsp3) is 0.700. The van der Waals surface area contributed by atoms with Crippen molar-refractivity contribution in [2.24, 2.45) is 5.73 Å². The van der Waals surface area contributed by atoms with Crippen LogP contribution in [0.15, 0.2) is 12.4 Å². The summed E-state index contributed by atoms with van der Waals surface area (Å²) in [6.07, 6.45) is 4.24. The average Bonchev–Trinajstić information content (AvgIpc) is 2.82. The molecule has 0 saturated carbocycles. The molecule has 18 heavy (non-hydrogen) atoms. The van der Waals surface area contributed by atoms with Gasteiger partial charge in [0.15, 0.2) is 0 Å². The largest absolute Gasteiger partial charge is 0.333 e. The Kier molecular flexibility index (Phi) is 4.00. The molecule has 0 radical (unpaired) electrons. The minimum Gasteiger partial charge on any atom is -0.333 e. The van der Waals surface area contributed by atoms with Gasteiger partial charge in [0.2, 0.25) is 0 Å². The molecular weight excluding hydrogens is 254 g/mol. The zero-order chi connectivity index (χ0) is 13.2. The van der Waals surface area contributed by atoms with Crippen LogP contribution in [0.1, 0.15) is 12.2 Å². The van der Waals surface area contributed by atoms with Crippen molar-refractivity contribution in [2.75, 3.05) is 26.7 Å². The SMILES string of the molecule is CN(CCCN)S(=O)(=O)N1CCn2ccnc2C1. The molecule has 0 spiro atoms. The van der Waals surface area contributed by atoms with Crippen LogP contribution in [-0.4, -0.2) is 53.3 Å². The summed E-state index contributed by atoms with van der Waals surface area (Å²) < 4.78 is 29.4. The van der Waals surface area contributed by atoms with Crippen molar-refractivity contribution in [1.29, 1.82) is 0 Å². The summed E-state index contributed by atoms with van der Waals surface area (Å²) in [5, 5.41) is 0. The van der Waals surface area contributed by atoms with E-state index in [9.17, 15) is 8.42 Å². The van der Waals surface area contributed by atoms with Gasteiger partial charge in [-0.15, -0.1) is 0 Å². The van der Waals surface area contributed by atoms with Crippen LogP contribution < -0.4 is 5.73 Å². The van der Waals surface area contributed by atoms with Gasteiger partial charge in [-0.25, -0.2) is 4.98 Å². The van der Waals surface area contributed by atoms with E-state index in [-0.39, 0.29) is 0 Å². The predicted molar refractivity (Wildman–Crippen MR) is 67.9 cm³/mol. The summed E-state index contributed by atoms with van der Waals surface area (Å²) in [6, 6.07) is 0. The number of rotatable bonds is 5. The quantitative estimate of drug-likeness (QED) is 0.763.